The molecule has 2 N–H and O–H groups in total. The van der Waals surface area contributed by atoms with E-state index in [1.807, 2.05) is 34.6 Å². The third-order valence-corrected chi connectivity index (χ3v) is 3.81. The molecule has 0 saturated heterocycles. The quantitative estimate of drug-likeness (QED) is 0.573. The zero-order chi connectivity index (χ0) is 19.1. The maximum Gasteiger partial charge on any atom is 0.239 e. The summed E-state index contributed by atoms with van der Waals surface area (Å²) in [4.78, 5) is 31.1. The summed E-state index contributed by atoms with van der Waals surface area (Å²) in [5, 5.41) is 5.57. The fourth-order valence-electron chi connectivity index (χ4n) is 2.31. The minimum atomic E-state index is -0.112. The molecular weight excluding hydrogens is 332 g/mol. The predicted molar refractivity (Wildman–Crippen MR) is 98.1 cm³/mol. The van der Waals surface area contributed by atoms with Crippen LogP contribution in [-0.2, 0) is 9.59 Å². The Morgan fingerprint density at radius 2 is 1.15 bits per heavy atom. The van der Waals surface area contributed by atoms with Crippen molar-refractivity contribution in [2.45, 2.75) is 39.8 Å². The molecule has 0 aliphatic carbocycles. The molecule has 2 rings (SSSR count). The average molecular weight is 360 g/mol. The molecular formula is C18H28N6O2. The SMILES string of the molecule is CC(C)N1[C]N(CC(=O)NCCNC(=O)CN2[C]N(C(C)C)C=C2)C=C1. The van der Waals surface area contributed by atoms with E-state index in [0.29, 0.717) is 25.2 Å². The van der Waals surface area contributed by atoms with Gasteiger partial charge in [-0.15, -0.1) is 0 Å². The van der Waals surface area contributed by atoms with Gasteiger partial charge >= 0.3 is 0 Å². The first kappa shape index (κ1) is 19.9. The van der Waals surface area contributed by atoms with Gasteiger partial charge in [-0.2, -0.15) is 0 Å². The minimum Gasteiger partial charge on any atom is -0.353 e. The van der Waals surface area contributed by atoms with E-state index in [4.69, 9.17) is 0 Å². The van der Waals surface area contributed by atoms with Gasteiger partial charge in [-0.1, -0.05) is 0 Å². The van der Waals surface area contributed by atoms with Crippen molar-refractivity contribution in [1.82, 2.24) is 30.2 Å². The van der Waals surface area contributed by atoms with E-state index < -0.39 is 0 Å². The first-order valence-corrected chi connectivity index (χ1v) is 8.87. The van der Waals surface area contributed by atoms with Crippen molar-refractivity contribution in [3.63, 3.8) is 0 Å². The van der Waals surface area contributed by atoms with E-state index in [0.717, 1.165) is 0 Å². The first-order chi connectivity index (χ1) is 12.3. The largest absolute Gasteiger partial charge is 0.353 e. The number of carbonyl (C=O) groups is 2. The number of nitrogens with zero attached hydrogens (tertiary/aromatic N) is 4. The van der Waals surface area contributed by atoms with Gasteiger partial charge in [-0.25, -0.2) is 0 Å². The second kappa shape index (κ2) is 9.35. The lowest BCUT2D eigenvalue weighted by molar-refractivity contribution is -0.123. The van der Waals surface area contributed by atoms with E-state index in [9.17, 15) is 9.59 Å². The summed E-state index contributed by atoms with van der Waals surface area (Å²) in [6.45, 7) is 15.6. The number of carbonyl (C=O) groups excluding carboxylic acids is 2. The van der Waals surface area contributed by atoms with E-state index in [1.54, 1.807) is 9.80 Å². The maximum absolute atomic E-state index is 11.9. The zero-order valence-electron chi connectivity index (χ0n) is 15.9. The molecule has 0 aromatic heterocycles. The fourth-order valence-corrected chi connectivity index (χ4v) is 2.31. The van der Waals surface area contributed by atoms with Crippen LogP contribution in [0.2, 0.25) is 0 Å². The molecule has 4 radical (unpaired) electrons. The molecule has 0 saturated carbocycles. The third-order valence-electron chi connectivity index (χ3n) is 3.81. The molecule has 2 aliphatic heterocycles. The molecule has 0 aromatic carbocycles. The van der Waals surface area contributed by atoms with Crippen LogP contribution in [0.15, 0.2) is 24.8 Å². The van der Waals surface area contributed by atoms with Crippen LogP contribution in [0.25, 0.3) is 0 Å². The third kappa shape index (κ3) is 6.16. The average Bonchev–Trinajstić information content (AvgIpc) is 3.21. The molecule has 2 aliphatic rings. The molecule has 2 heterocycles. The Balaban J connectivity index is 1.53. The second-order valence-electron chi connectivity index (χ2n) is 6.75. The van der Waals surface area contributed by atoms with Crippen molar-refractivity contribution in [1.29, 1.82) is 0 Å². The molecule has 0 aromatic rings. The lowest BCUT2D eigenvalue weighted by Gasteiger charge is -2.22. The molecule has 26 heavy (non-hydrogen) atoms. The summed E-state index contributed by atoms with van der Waals surface area (Å²) in [7, 11) is 0. The molecule has 8 heteroatoms. The van der Waals surface area contributed by atoms with Crippen molar-refractivity contribution in [2.75, 3.05) is 26.2 Å². The monoisotopic (exact) mass is 360 g/mol. The molecule has 2 amide bonds. The second-order valence-corrected chi connectivity index (χ2v) is 6.75. The van der Waals surface area contributed by atoms with Crippen LogP contribution in [-0.4, -0.2) is 69.7 Å². The Hall–Kier alpha value is -2.38. The van der Waals surface area contributed by atoms with Crippen LogP contribution in [0.4, 0.5) is 0 Å². The standard InChI is InChI=1S/C18H28N6O2/c1-15(2)23-9-7-21(13-23)11-17(25)19-5-6-20-18(26)12-22-8-10-24(14-22)16(3)4/h7-10,15-16H,5-6,11-12H2,1-4H3,(H,19,25)(H,20,26). The summed E-state index contributed by atoms with van der Waals surface area (Å²) < 4.78 is 0. The lowest BCUT2D eigenvalue weighted by atomic mass is 10.4. The van der Waals surface area contributed by atoms with E-state index in [2.05, 4.69) is 51.7 Å². The van der Waals surface area contributed by atoms with E-state index >= 15 is 0 Å². The van der Waals surface area contributed by atoms with Crippen molar-refractivity contribution < 1.29 is 9.59 Å². The number of nitrogens with one attached hydrogen (secondary N) is 2. The Kier molecular flexibility index (Phi) is 7.17. The number of rotatable bonds is 9. The molecule has 0 spiro atoms. The molecule has 142 valence electrons. The highest BCUT2D eigenvalue weighted by Gasteiger charge is 2.20. The van der Waals surface area contributed by atoms with Crippen LogP contribution in [0.1, 0.15) is 27.7 Å². The smallest absolute Gasteiger partial charge is 0.239 e. The number of hydrogen-bond acceptors (Lipinski definition) is 6. The zero-order valence-corrected chi connectivity index (χ0v) is 15.9. The van der Waals surface area contributed by atoms with Gasteiger partial charge in [0, 0.05) is 50.0 Å². The Morgan fingerprint density at radius 1 is 0.769 bits per heavy atom. The van der Waals surface area contributed by atoms with Gasteiger partial charge < -0.3 is 30.2 Å². The topological polar surface area (TPSA) is 71.2 Å². The highest BCUT2D eigenvalue weighted by molar-refractivity contribution is 5.79. The van der Waals surface area contributed by atoms with Gasteiger partial charge in [-0.3, -0.25) is 9.59 Å². The van der Waals surface area contributed by atoms with Crippen molar-refractivity contribution in [3.05, 3.63) is 38.1 Å². The normalized spacial score (nSPS) is 16.4. The van der Waals surface area contributed by atoms with Gasteiger partial charge in [0.1, 0.15) is 0 Å². The molecule has 0 fully saturated rings. The Morgan fingerprint density at radius 3 is 1.46 bits per heavy atom. The molecule has 0 atom stereocenters. The summed E-state index contributed by atoms with van der Waals surface area (Å²) in [6, 6.07) is 0.615. The number of amides is 2. The van der Waals surface area contributed by atoms with Crippen LogP contribution in [0.5, 0.6) is 0 Å². The fraction of sp³-hybridized carbons (Fsp3) is 0.556. The van der Waals surface area contributed by atoms with Crippen LogP contribution >= 0.6 is 0 Å². The van der Waals surface area contributed by atoms with Gasteiger partial charge in [0.05, 0.1) is 13.1 Å². The summed E-state index contributed by atoms with van der Waals surface area (Å²) in [5.74, 6) is -0.225. The lowest BCUT2D eigenvalue weighted by Crippen LogP contribution is -2.41. The van der Waals surface area contributed by atoms with E-state index in [-0.39, 0.29) is 24.9 Å². The highest BCUT2D eigenvalue weighted by atomic mass is 16.2. The minimum absolute atomic E-state index is 0.112. The van der Waals surface area contributed by atoms with Crippen LogP contribution in [0.3, 0.4) is 0 Å². The van der Waals surface area contributed by atoms with Gasteiger partial charge in [-0.05, 0) is 27.7 Å². The van der Waals surface area contributed by atoms with Crippen LogP contribution < -0.4 is 10.6 Å². The van der Waals surface area contributed by atoms with Crippen molar-refractivity contribution in [3.8, 4) is 0 Å². The highest BCUT2D eigenvalue weighted by Crippen LogP contribution is 2.14. The van der Waals surface area contributed by atoms with Gasteiger partial charge in [0.15, 0.2) is 0 Å². The van der Waals surface area contributed by atoms with Crippen molar-refractivity contribution >= 4 is 11.8 Å². The Bertz CT molecular complexity index is 498. The number of hydrogen-bond donors (Lipinski definition) is 2. The molecule has 0 unspecified atom stereocenters. The van der Waals surface area contributed by atoms with Gasteiger partial charge in [0.2, 0.25) is 25.2 Å². The van der Waals surface area contributed by atoms with E-state index in [1.165, 1.54) is 0 Å². The van der Waals surface area contributed by atoms with Crippen LogP contribution in [0, 0.1) is 13.3 Å². The Labute approximate surface area is 156 Å². The van der Waals surface area contributed by atoms with Gasteiger partial charge in [0.25, 0.3) is 0 Å². The first-order valence-electron chi connectivity index (χ1n) is 8.87. The maximum atomic E-state index is 11.9. The molecule has 0 bridgehead atoms. The summed E-state index contributed by atoms with van der Waals surface area (Å²) in [6.07, 6.45) is 7.41. The van der Waals surface area contributed by atoms with Crippen molar-refractivity contribution in [2.24, 2.45) is 0 Å². The summed E-state index contributed by atoms with van der Waals surface area (Å²) >= 11 is 0. The molecule has 8 nitrogen and oxygen atoms in total. The summed E-state index contributed by atoms with van der Waals surface area (Å²) in [5.41, 5.74) is 0. The predicted octanol–water partition coefficient (Wildman–Crippen LogP) is 0.206.